The molecule has 0 spiro atoms. The van der Waals surface area contributed by atoms with Crippen LogP contribution in [-0.4, -0.2) is 56.8 Å². The first-order valence-electron chi connectivity index (χ1n) is 8.40. The lowest BCUT2D eigenvalue weighted by atomic mass is 10.1. The summed E-state index contributed by atoms with van der Waals surface area (Å²) in [4.78, 5) is 7.03. The molecular formula is C17H26Cl2N4O. The van der Waals surface area contributed by atoms with Gasteiger partial charge in [0.05, 0.1) is 25.8 Å². The van der Waals surface area contributed by atoms with Crippen molar-refractivity contribution in [1.29, 1.82) is 0 Å². The molecule has 134 valence electrons. The number of nitrogens with one attached hydrogen (secondary N) is 2. The molecule has 0 bridgehead atoms. The molecule has 1 atom stereocenters. The van der Waals surface area contributed by atoms with Crippen LogP contribution in [0, 0.1) is 0 Å². The Balaban J connectivity index is 1.92. The van der Waals surface area contributed by atoms with Crippen LogP contribution in [0.15, 0.2) is 23.2 Å². The lowest BCUT2D eigenvalue weighted by Crippen LogP contribution is -2.40. The minimum atomic E-state index is 0.0379. The summed E-state index contributed by atoms with van der Waals surface area (Å²) in [5, 5.41) is 7.98. The smallest absolute Gasteiger partial charge is 0.191 e. The second kappa shape index (κ2) is 10.1. The molecule has 1 aliphatic rings. The van der Waals surface area contributed by atoms with E-state index in [9.17, 15) is 0 Å². The summed E-state index contributed by atoms with van der Waals surface area (Å²) in [6.07, 6.45) is 0. The largest absolute Gasteiger partial charge is 0.379 e. The summed E-state index contributed by atoms with van der Waals surface area (Å²) in [6.45, 7) is 10.2. The molecule has 1 saturated heterocycles. The topological polar surface area (TPSA) is 48.9 Å². The number of guanidine groups is 1. The van der Waals surface area contributed by atoms with Gasteiger partial charge in [-0.05, 0) is 31.5 Å². The van der Waals surface area contributed by atoms with Gasteiger partial charge in [-0.3, -0.25) is 9.89 Å². The molecular weight excluding hydrogens is 347 g/mol. The van der Waals surface area contributed by atoms with Crippen LogP contribution in [0.5, 0.6) is 0 Å². The second-order valence-electron chi connectivity index (χ2n) is 5.75. The molecule has 24 heavy (non-hydrogen) atoms. The zero-order valence-electron chi connectivity index (χ0n) is 14.3. The van der Waals surface area contributed by atoms with Gasteiger partial charge in [0.2, 0.25) is 0 Å². The van der Waals surface area contributed by atoms with Crippen molar-refractivity contribution >= 4 is 29.2 Å². The Kier molecular flexibility index (Phi) is 8.12. The summed E-state index contributed by atoms with van der Waals surface area (Å²) >= 11 is 12.3. The van der Waals surface area contributed by atoms with Crippen molar-refractivity contribution in [3.8, 4) is 0 Å². The van der Waals surface area contributed by atoms with Gasteiger partial charge in [0.25, 0.3) is 0 Å². The van der Waals surface area contributed by atoms with Crippen LogP contribution < -0.4 is 10.6 Å². The van der Waals surface area contributed by atoms with Gasteiger partial charge in [-0.1, -0.05) is 29.3 Å². The van der Waals surface area contributed by atoms with Crippen LogP contribution in [0.25, 0.3) is 0 Å². The Labute approximate surface area is 154 Å². The highest BCUT2D eigenvalue weighted by Gasteiger charge is 2.12. The first-order chi connectivity index (χ1) is 11.6. The van der Waals surface area contributed by atoms with Crippen molar-refractivity contribution in [2.24, 2.45) is 4.99 Å². The molecule has 0 radical (unpaired) electrons. The number of morpholine rings is 1. The molecule has 1 unspecified atom stereocenters. The highest BCUT2D eigenvalue weighted by atomic mass is 35.5. The number of halogens is 2. The number of hydrogen-bond acceptors (Lipinski definition) is 3. The molecule has 0 amide bonds. The van der Waals surface area contributed by atoms with E-state index in [0.717, 1.165) is 57.5 Å². The number of nitrogens with zero attached hydrogens (tertiary/aromatic N) is 2. The summed E-state index contributed by atoms with van der Waals surface area (Å²) in [5.41, 5.74) is 1.000. The monoisotopic (exact) mass is 372 g/mol. The van der Waals surface area contributed by atoms with Crippen LogP contribution >= 0.6 is 23.2 Å². The molecule has 1 aromatic rings. The maximum atomic E-state index is 6.29. The van der Waals surface area contributed by atoms with Gasteiger partial charge in [-0.25, -0.2) is 0 Å². The summed E-state index contributed by atoms with van der Waals surface area (Å²) < 4.78 is 5.36. The van der Waals surface area contributed by atoms with Crippen LogP contribution in [0.2, 0.25) is 10.0 Å². The molecule has 5 nitrogen and oxygen atoms in total. The first kappa shape index (κ1) is 19.3. The number of aliphatic imine (C=N–C) groups is 1. The average Bonchev–Trinajstić information content (AvgIpc) is 2.55. The summed E-state index contributed by atoms with van der Waals surface area (Å²) in [5.74, 6) is 0.796. The van der Waals surface area contributed by atoms with E-state index in [2.05, 4.69) is 34.4 Å². The van der Waals surface area contributed by atoms with Gasteiger partial charge in [0.15, 0.2) is 5.96 Å². The first-order valence-corrected chi connectivity index (χ1v) is 9.15. The van der Waals surface area contributed by atoms with Crippen molar-refractivity contribution in [2.75, 3.05) is 45.9 Å². The lowest BCUT2D eigenvalue weighted by molar-refractivity contribution is 0.0394. The highest BCUT2D eigenvalue weighted by Crippen LogP contribution is 2.25. The van der Waals surface area contributed by atoms with E-state index < -0.39 is 0 Å². The van der Waals surface area contributed by atoms with Gasteiger partial charge in [0, 0.05) is 36.2 Å². The van der Waals surface area contributed by atoms with E-state index in [1.165, 1.54) is 0 Å². The molecule has 1 heterocycles. The van der Waals surface area contributed by atoms with Gasteiger partial charge in [-0.2, -0.15) is 0 Å². The Morgan fingerprint density at radius 1 is 1.33 bits per heavy atom. The molecule has 0 aliphatic carbocycles. The summed E-state index contributed by atoms with van der Waals surface area (Å²) in [7, 11) is 0. The van der Waals surface area contributed by atoms with Gasteiger partial charge >= 0.3 is 0 Å². The van der Waals surface area contributed by atoms with Gasteiger partial charge < -0.3 is 15.4 Å². The predicted molar refractivity (Wildman–Crippen MR) is 101 cm³/mol. The van der Waals surface area contributed by atoms with Crippen LogP contribution in [0.4, 0.5) is 0 Å². The maximum Gasteiger partial charge on any atom is 0.191 e. The predicted octanol–water partition coefficient (Wildman–Crippen LogP) is 2.94. The number of rotatable bonds is 6. The zero-order chi connectivity index (χ0) is 17.4. The fraction of sp³-hybridized carbons (Fsp3) is 0.588. The van der Waals surface area contributed by atoms with E-state index in [0.29, 0.717) is 10.0 Å². The van der Waals surface area contributed by atoms with E-state index in [4.69, 9.17) is 27.9 Å². The Hall–Kier alpha value is -1.01. The second-order valence-corrected chi connectivity index (χ2v) is 6.59. The lowest BCUT2D eigenvalue weighted by Gasteiger charge is -2.26. The molecule has 0 aromatic heterocycles. The Morgan fingerprint density at radius 3 is 2.75 bits per heavy atom. The molecule has 0 saturated carbocycles. The highest BCUT2D eigenvalue weighted by molar-refractivity contribution is 6.35. The SMILES string of the molecule is CCNC(=NCCN1CCOCC1)NC(C)c1ccc(Cl)cc1Cl. The van der Waals surface area contributed by atoms with E-state index >= 15 is 0 Å². The van der Waals surface area contributed by atoms with Gasteiger partial charge in [-0.15, -0.1) is 0 Å². The van der Waals surface area contributed by atoms with Crippen LogP contribution in [0.3, 0.4) is 0 Å². The minimum absolute atomic E-state index is 0.0379. The third kappa shape index (κ3) is 6.13. The molecule has 2 N–H and O–H groups in total. The molecule has 1 aromatic carbocycles. The van der Waals surface area contributed by atoms with E-state index in [-0.39, 0.29) is 6.04 Å². The van der Waals surface area contributed by atoms with Crippen molar-refractivity contribution in [3.05, 3.63) is 33.8 Å². The van der Waals surface area contributed by atoms with Gasteiger partial charge in [0.1, 0.15) is 0 Å². The van der Waals surface area contributed by atoms with Crippen LogP contribution in [-0.2, 0) is 4.74 Å². The standard InChI is InChI=1S/C17H26Cl2N4O/c1-3-20-17(21-6-7-23-8-10-24-11-9-23)22-13(2)15-5-4-14(18)12-16(15)19/h4-5,12-13H,3,6-11H2,1-2H3,(H2,20,21,22). The quantitative estimate of drug-likeness (QED) is 0.595. The van der Waals surface area contributed by atoms with Crippen molar-refractivity contribution < 1.29 is 4.74 Å². The van der Waals surface area contributed by atoms with Crippen molar-refractivity contribution in [1.82, 2.24) is 15.5 Å². The van der Waals surface area contributed by atoms with E-state index in [1.807, 2.05) is 12.1 Å². The Bertz CT molecular complexity index is 547. The minimum Gasteiger partial charge on any atom is -0.379 e. The normalized spacial score (nSPS) is 17.6. The average molecular weight is 373 g/mol. The van der Waals surface area contributed by atoms with Crippen molar-refractivity contribution in [3.63, 3.8) is 0 Å². The van der Waals surface area contributed by atoms with E-state index in [1.54, 1.807) is 6.07 Å². The van der Waals surface area contributed by atoms with Crippen molar-refractivity contribution in [2.45, 2.75) is 19.9 Å². The maximum absolute atomic E-state index is 6.29. The number of benzene rings is 1. The third-order valence-electron chi connectivity index (χ3n) is 3.92. The molecule has 1 fully saturated rings. The number of ether oxygens (including phenoxy) is 1. The third-order valence-corrected chi connectivity index (χ3v) is 4.48. The molecule has 7 heteroatoms. The molecule has 1 aliphatic heterocycles. The molecule has 2 rings (SSSR count). The Morgan fingerprint density at radius 2 is 2.08 bits per heavy atom. The fourth-order valence-corrected chi connectivity index (χ4v) is 3.16. The number of hydrogen-bond donors (Lipinski definition) is 2. The van der Waals surface area contributed by atoms with Crippen LogP contribution in [0.1, 0.15) is 25.5 Å². The zero-order valence-corrected chi connectivity index (χ0v) is 15.8. The summed E-state index contributed by atoms with van der Waals surface area (Å²) in [6, 6.07) is 5.60. The fourth-order valence-electron chi connectivity index (χ4n) is 2.58.